The van der Waals surface area contributed by atoms with Gasteiger partial charge in [-0.05, 0) is 69.1 Å². The fraction of sp³-hybridized carbons (Fsp3) is 0. The molecule has 0 aliphatic rings. The molecule has 0 amide bonds. The Morgan fingerprint density at radius 1 is 0.400 bits per heavy atom. The van der Waals surface area contributed by atoms with Crippen LogP contribution in [0.3, 0.4) is 0 Å². The molecular weight excluding hydrogens is 531 g/mol. The van der Waals surface area contributed by atoms with Gasteiger partial charge >= 0.3 is 0 Å². The van der Waals surface area contributed by atoms with E-state index >= 15 is 0 Å². The molecule has 0 spiro atoms. The Hall–Kier alpha value is -4.50. The number of aromatic nitrogens is 2. The second-order valence-electron chi connectivity index (χ2n) is 9.74. The quantitative estimate of drug-likeness (QED) is 0.203. The minimum Gasteiger partial charge on any atom is -0.228 e. The van der Waals surface area contributed by atoms with Gasteiger partial charge in [-0.25, -0.2) is 9.97 Å². The second-order valence-corrected chi connectivity index (χ2v) is 10.6. The van der Waals surface area contributed by atoms with Gasteiger partial charge in [-0.15, -0.1) is 0 Å². The predicted octanol–water partition coefficient (Wildman–Crippen LogP) is 10.8. The molecule has 0 saturated carbocycles. The maximum absolute atomic E-state index is 6.16. The molecule has 40 heavy (non-hydrogen) atoms. The van der Waals surface area contributed by atoms with Crippen molar-refractivity contribution in [3.63, 3.8) is 0 Å². The van der Waals surface area contributed by atoms with Crippen molar-refractivity contribution in [3.8, 4) is 45.0 Å². The third-order valence-corrected chi connectivity index (χ3v) is 7.73. The van der Waals surface area contributed by atoms with Gasteiger partial charge in [0.25, 0.3) is 0 Å². The van der Waals surface area contributed by atoms with Crippen LogP contribution in [0.4, 0.5) is 0 Å². The van der Waals surface area contributed by atoms with Crippen LogP contribution >= 0.6 is 23.2 Å². The molecule has 6 aromatic carbocycles. The zero-order valence-electron chi connectivity index (χ0n) is 21.4. The SMILES string of the molecule is Clc1ccc(-c2cc(-c3ccc(Cl)cc3)nc(-c3ccc(-c4cc5ccccc5c5ccccc45)cc3)n2)cc1. The van der Waals surface area contributed by atoms with E-state index in [1.54, 1.807) is 0 Å². The second kappa shape index (κ2) is 10.2. The van der Waals surface area contributed by atoms with E-state index in [1.807, 2.05) is 54.6 Å². The van der Waals surface area contributed by atoms with Crippen LogP contribution in [0.25, 0.3) is 66.6 Å². The average molecular weight is 553 g/mol. The van der Waals surface area contributed by atoms with Crippen LogP contribution in [0.15, 0.2) is 133 Å². The molecule has 0 saturated heterocycles. The van der Waals surface area contributed by atoms with Crippen LogP contribution in [0.5, 0.6) is 0 Å². The van der Waals surface area contributed by atoms with Gasteiger partial charge in [0.05, 0.1) is 11.4 Å². The lowest BCUT2D eigenvalue weighted by molar-refractivity contribution is 1.18. The third kappa shape index (κ3) is 4.62. The van der Waals surface area contributed by atoms with Crippen molar-refractivity contribution >= 4 is 44.7 Å². The minimum atomic E-state index is 0.660. The predicted molar refractivity (Wildman–Crippen MR) is 169 cm³/mol. The molecule has 0 bridgehead atoms. The Morgan fingerprint density at radius 2 is 0.875 bits per heavy atom. The normalized spacial score (nSPS) is 11.2. The monoisotopic (exact) mass is 552 g/mol. The highest BCUT2D eigenvalue weighted by Gasteiger charge is 2.13. The van der Waals surface area contributed by atoms with Crippen molar-refractivity contribution in [2.24, 2.45) is 0 Å². The van der Waals surface area contributed by atoms with Crippen molar-refractivity contribution in [1.29, 1.82) is 0 Å². The van der Waals surface area contributed by atoms with E-state index in [4.69, 9.17) is 33.2 Å². The molecule has 190 valence electrons. The molecular formula is C36H22Cl2N2. The first-order valence-corrected chi connectivity index (χ1v) is 13.8. The van der Waals surface area contributed by atoms with Gasteiger partial charge in [0.1, 0.15) is 0 Å². The molecule has 4 heteroatoms. The van der Waals surface area contributed by atoms with Gasteiger partial charge in [-0.1, -0.05) is 120 Å². The van der Waals surface area contributed by atoms with Gasteiger partial charge < -0.3 is 0 Å². The first-order chi connectivity index (χ1) is 19.6. The number of benzene rings is 6. The number of nitrogens with zero attached hydrogens (tertiary/aromatic N) is 2. The summed E-state index contributed by atoms with van der Waals surface area (Å²) in [4.78, 5) is 9.92. The summed E-state index contributed by atoms with van der Waals surface area (Å²) < 4.78 is 0. The molecule has 0 atom stereocenters. The summed E-state index contributed by atoms with van der Waals surface area (Å²) in [5.41, 5.74) is 6.91. The average Bonchev–Trinajstić information content (AvgIpc) is 3.01. The van der Waals surface area contributed by atoms with Gasteiger partial charge in [-0.3, -0.25) is 0 Å². The Morgan fingerprint density at radius 3 is 1.48 bits per heavy atom. The summed E-state index contributed by atoms with van der Waals surface area (Å²) in [6.07, 6.45) is 0. The molecule has 0 aliphatic heterocycles. The summed E-state index contributed by atoms with van der Waals surface area (Å²) >= 11 is 12.3. The lowest BCUT2D eigenvalue weighted by Gasteiger charge is -2.12. The van der Waals surface area contributed by atoms with E-state index in [0.717, 1.165) is 33.6 Å². The number of rotatable bonds is 4. The fourth-order valence-electron chi connectivity index (χ4n) is 5.21. The Bertz CT molecular complexity index is 1930. The first kappa shape index (κ1) is 24.5. The van der Waals surface area contributed by atoms with Gasteiger partial charge in [0, 0.05) is 26.7 Å². The van der Waals surface area contributed by atoms with E-state index in [9.17, 15) is 0 Å². The molecule has 0 fully saturated rings. The Labute approximate surface area is 242 Å². The van der Waals surface area contributed by atoms with Crippen LogP contribution < -0.4 is 0 Å². The van der Waals surface area contributed by atoms with E-state index < -0.39 is 0 Å². The summed E-state index contributed by atoms with van der Waals surface area (Å²) in [6, 6.07) is 45.4. The van der Waals surface area contributed by atoms with Crippen molar-refractivity contribution in [1.82, 2.24) is 9.97 Å². The largest absolute Gasteiger partial charge is 0.228 e. The van der Waals surface area contributed by atoms with E-state index in [2.05, 4.69) is 78.9 Å². The first-order valence-electron chi connectivity index (χ1n) is 13.0. The van der Waals surface area contributed by atoms with Crippen molar-refractivity contribution in [2.45, 2.75) is 0 Å². The number of hydrogen-bond acceptors (Lipinski definition) is 2. The minimum absolute atomic E-state index is 0.660. The molecule has 2 nitrogen and oxygen atoms in total. The van der Waals surface area contributed by atoms with E-state index in [1.165, 1.54) is 27.1 Å². The summed E-state index contributed by atoms with van der Waals surface area (Å²) in [6.45, 7) is 0. The molecule has 7 rings (SSSR count). The lowest BCUT2D eigenvalue weighted by atomic mass is 9.93. The van der Waals surface area contributed by atoms with Crippen molar-refractivity contribution < 1.29 is 0 Å². The maximum Gasteiger partial charge on any atom is 0.160 e. The lowest BCUT2D eigenvalue weighted by Crippen LogP contribution is -1.96. The molecule has 7 aromatic rings. The maximum atomic E-state index is 6.16. The van der Waals surface area contributed by atoms with Crippen LogP contribution in [-0.4, -0.2) is 9.97 Å². The van der Waals surface area contributed by atoms with Gasteiger partial charge in [0.2, 0.25) is 0 Å². The van der Waals surface area contributed by atoms with Crippen molar-refractivity contribution in [3.05, 3.63) is 144 Å². The smallest absolute Gasteiger partial charge is 0.160 e. The van der Waals surface area contributed by atoms with Crippen LogP contribution in [0.2, 0.25) is 10.0 Å². The highest BCUT2D eigenvalue weighted by atomic mass is 35.5. The van der Waals surface area contributed by atoms with Crippen LogP contribution in [-0.2, 0) is 0 Å². The zero-order chi connectivity index (χ0) is 27.1. The van der Waals surface area contributed by atoms with Crippen LogP contribution in [0.1, 0.15) is 0 Å². The molecule has 1 heterocycles. The fourth-order valence-corrected chi connectivity index (χ4v) is 5.46. The standard InChI is InChI=1S/C36H22Cl2N2/c37-28-17-13-24(14-18-28)34-22-35(25-15-19-29(38)20-16-25)40-36(39-34)26-11-9-23(10-12-26)33-21-27-5-1-2-6-30(27)31-7-3-4-8-32(31)33/h1-22H. The Balaban J connectivity index is 1.35. The highest BCUT2D eigenvalue weighted by Crippen LogP contribution is 2.36. The summed E-state index contributed by atoms with van der Waals surface area (Å²) in [7, 11) is 0. The molecule has 0 aliphatic carbocycles. The van der Waals surface area contributed by atoms with E-state index in [0.29, 0.717) is 15.9 Å². The zero-order valence-corrected chi connectivity index (χ0v) is 22.9. The summed E-state index contributed by atoms with van der Waals surface area (Å²) in [5, 5.41) is 6.36. The highest BCUT2D eigenvalue weighted by molar-refractivity contribution is 6.31. The number of fused-ring (bicyclic) bond motifs is 3. The van der Waals surface area contributed by atoms with Crippen LogP contribution in [0, 0.1) is 0 Å². The van der Waals surface area contributed by atoms with E-state index in [-0.39, 0.29) is 0 Å². The molecule has 1 aromatic heterocycles. The summed E-state index contributed by atoms with van der Waals surface area (Å²) in [5.74, 6) is 0.660. The van der Waals surface area contributed by atoms with Crippen molar-refractivity contribution in [2.75, 3.05) is 0 Å². The molecule has 0 N–H and O–H groups in total. The number of halogens is 2. The molecule has 0 unspecified atom stereocenters. The van der Waals surface area contributed by atoms with Gasteiger partial charge in [0.15, 0.2) is 5.82 Å². The Kier molecular flexibility index (Phi) is 6.28. The third-order valence-electron chi connectivity index (χ3n) is 7.23. The van der Waals surface area contributed by atoms with Gasteiger partial charge in [-0.2, -0.15) is 0 Å². The number of hydrogen-bond donors (Lipinski definition) is 0. The topological polar surface area (TPSA) is 25.8 Å². The molecule has 0 radical (unpaired) electrons.